The van der Waals surface area contributed by atoms with E-state index in [2.05, 4.69) is 37.5 Å². The molecule has 0 fully saturated rings. The third-order valence-corrected chi connectivity index (χ3v) is 5.94. The average Bonchev–Trinajstić information content (AvgIpc) is 2.93. The number of hydrogen-bond acceptors (Lipinski definition) is 5. The summed E-state index contributed by atoms with van der Waals surface area (Å²) in [4.78, 5) is 17.7. The van der Waals surface area contributed by atoms with Crippen molar-refractivity contribution in [2.75, 3.05) is 0 Å². The Bertz CT molecular complexity index is 1120. The summed E-state index contributed by atoms with van der Waals surface area (Å²) in [7, 11) is 0. The summed E-state index contributed by atoms with van der Waals surface area (Å²) in [5, 5.41) is 10.4. The Morgan fingerprint density at radius 3 is 2.58 bits per heavy atom. The van der Waals surface area contributed by atoms with Gasteiger partial charge in [-0.15, -0.1) is 0 Å². The van der Waals surface area contributed by atoms with Crippen LogP contribution in [0.15, 0.2) is 42.7 Å². The molecule has 0 aliphatic rings. The molecule has 0 saturated carbocycles. The molecule has 0 atom stereocenters. The van der Waals surface area contributed by atoms with Crippen LogP contribution in [0.1, 0.15) is 11.3 Å². The molecule has 1 aromatic carbocycles. The summed E-state index contributed by atoms with van der Waals surface area (Å²) in [5.41, 5.74) is 3.09. The van der Waals surface area contributed by atoms with Gasteiger partial charge in [0.25, 0.3) is 0 Å². The number of hydrogen-bond donors (Lipinski definition) is 1. The molecule has 1 N–H and O–H groups in total. The fourth-order valence-electron chi connectivity index (χ4n) is 2.55. The van der Waals surface area contributed by atoms with Crippen LogP contribution in [-0.2, 0) is 6.42 Å². The maximum atomic E-state index is 9.91. The number of aromatic nitrogens is 5. The van der Waals surface area contributed by atoms with Crippen molar-refractivity contribution >= 4 is 62.4 Å². The van der Waals surface area contributed by atoms with Crippen LogP contribution in [-0.4, -0.2) is 29.4 Å². The lowest BCUT2D eigenvalue weighted by atomic mass is 10.1. The molecular formula is C17H10ClI2N5O. The van der Waals surface area contributed by atoms with E-state index in [9.17, 15) is 5.11 Å². The normalized spacial score (nSPS) is 11.2. The van der Waals surface area contributed by atoms with Crippen molar-refractivity contribution in [3.63, 3.8) is 0 Å². The molecule has 0 bridgehead atoms. The topological polar surface area (TPSA) is 76.2 Å². The summed E-state index contributed by atoms with van der Waals surface area (Å²) < 4.78 is 3.05. The maximum Gasteiger partial charge on any atom is 0.228 e. The van der Waals surface area contributed by atoms with E-state index >= 15 is 0 Å². The van der Waals surface area contributed by atoms with Crippen LogP contribution in [0.25, 0.3) is 17.2 Å². The SMILES string of the molecule is Oc1nc(-c2cn3c(Cl)c(I)nc3c(Cc3ccccc3)n2)ncc1I. The zero-order valence-corrected chi connectivity index (χ0v) is 18.1. The summed E-state index contributed by atoms with van der Waals surface area (Å²) in [6.45, 7) is 0. The van der Waals surface area contributed by atoms with Crippen molar-refractivity contribution in [1.82, 2.24) is 24.3 Å². The summed E-state index contributed by atoms with van der Waals surface area (Å²) >= 11 is 10.5. The quantitative estimate of drug-likeness (QED) is 0.360. The molecular weight excluding hydrogens is 579 g/mol. The van der Waals surface area contributed by atoms with Gasteiger partial charge in [0.2, 0.25) is 5.88 Å². The van der Waals surface area contributed by atoms with Crippen molar-refractivity contribution in [1.29, 1.82) is 0 Å². The van der Waals surface area contributed by atoms with E-state index in [0.29, 0.717) is 36.0 Å². The predicted molar refractivity (Wildman–Crippen MR) is 115 cm³/mol. The number of nitrogens with zero attached hydrogens (tertiary/aromatic N) is 5. The molecule has 9 heteroatoms. The number of imidazole rings is 1. The minimum Gasteiger partial charge on any atom is -0.492 e. The van der Waals surface area contributed by atoms with Gasteiger partial charge in [-0.2, -0.15) is 4.98 Å². The van der Waals surface area contributed by atoms with Gasteiger partial charge in [-0.05, 0) is 50.7 Å². The highest BCUT2D eigenvalue weighted by Gasteiger charge is 2.17. The lowest BCUT2D eigenvalue weighted by Crippen LogP contribution is -2.03. The number of rotatable bonds is 3. The van der Waals surface area contributed by atoms with E-state index in [4.69, 9.17) is 16.6 Å². The van der Waals surface area contributed by atoms with Crippen LogP contribution >= 0.6 is 56.8 Å². The first kappa shape index (κ1) is 17.9. The molecule has 4 aromatic rings. The first-order valence-corrected chi connectivity index (χ1v) is 10.1. The Hall–Kier alpha value is -1.53. The molecule has 0 saturated heterocycles. The van der Waals surface area contributed by atoms with Gasteiger partial charge in [-0.3, -0.25) is 4.40 Å². The summed E-state index contributed by atoms with van der Waals surface area (Å²) in [5.74, 6) is 0.257. The zero-order chi connectivity index (χ0) is 18.3. The predicted octanol–water partition coefficient (Wildman–Crippen LogP) is 4.35. The second-order valence-corrected chi connectivity index (χ2v) is 8.03. The van der Waals surface area contributed by atoms with Crippen LogP contribution in [0, 0.1) is 7.27 Å². The molecule has 3 aromatic heterocycles. The Balaban J connectivity index is 1.91. The summed E-state index contributed by atoms with van der Waals surface area (Å²) in [6, 6.07) is 10.0. The fourth-order valence-corrected chi connectivity index (χ4v) is 3.47. The Labute approximate surface area is 181 Å². The van der Waals surface area contributed by atoms with Crippen molar-refractivity contribution in [2.24, 2.45) is 0 Å². The Kier molecular flexibility index (Phi) is 4.97. The number of fused-ring (bicyclic) bond motifs is 1. The van der Waals surface area contributed by atoms with E-state index in [-0.39, 0.29) is 5.88 Å². The largest absolute Gasteiger partial charge is 0.492 e. The first-order valence-electron chi connectivity index (χ1n) is 7.51. The van der Waals surface area contributed by atoms with Gasteiger partial charge >= 0.3 is 0 Å². The van der Waals surface area contributed by atoms with Crippen molar-refractivity contribution < 1.29 is 5.11 Å². The highest BCUT2D eigenvalue weighted by atomic mass is 127. The van der Waals surface area contributed by atoms with Gasteiger partial charge in [-0.25, -0.2) is 15.0 Å². The van der Waals surface area contributed by atoms with E-state index in [1.54, 1.807) is 16.8 Å². The van der Waals surface area contributed by atoms with Gasteiger partial charge in [-0.1, -0.05) is 41.9 Å². The minimum absolute atomic E-state index is 0.0755. The fraction of sp³-hybridized carbons (Fsp3) is 0.0588. The van der Waals surface area contributed by atoms with Crippen LogP contribution in [0.3, 0.4) is 0 Å². The molecule has 130 valence electrons. The van der Waals surface area contributed by atoms with Gasteiger partial charge in [0.1, 0.15) is 14.5 Å². The third-order valence-electron chi connectivity index (χ3n) is 3.75. The molecule has 6 nitrogen and oxygen atoms in total. The number of halogens is 3. The third kappa shape index (κ3) is 3.37. The number of aromatic hydroxyl groups is 1. The average molecular weight is 590 g/mol. The molecule has 0 aliphatic carbocycles. The van der Waals surface area contributed by atoms with Gasteiger partial charge in [0.05, 0.1) is 9.26 Å². The maximum absolute atomic E-state index is 9.91. The van der Waals surface area contributed by atoms with Gasteiger partial charge in [0.15, 0.2) is 11.5 Å². The molecule has 0 radical (unpaired) electrons. The van der Waals surface area contributed by atoms with Crippen molar-refractivity contribution in [2.45, 2.75) is 6.42 Å². The van der Waals surface area contributed by atoms with Crippen LogP contribution in [0.2, 0.25) is 5.15 Å². The molecule has 0 unspecified atom stereocenters. The molecule has 0 aliphatic heterocycles. The van der Waals surface area contributed by atoms with Gasteiger partial charge < -0.3 is 5.11 Å². The van der Waals surface area contributed by atoms with Crippen LogP contribution in [0.5, 0.6) is 5.88 Å². The Morgan fingerprint density at radius 1 is 1.08 bits per heavy atom. The second kappa shape index (κ2) is 7.24. The number of benzene rings is 1. The van der Waals surface area contributed by atoms with Crippen molar-refractivity contribution in [3.8, 4) is 17.4 Å². The van der Waals surface area contributed by atoms with Crippen molar-refractivity contribution in [3.05, 3.63) is 66.4 Å². The first-order chi connectivity index (χ1) is 12.5. The standard InChI is InChI=1S/C17H10ClI2N5O/c18-13-14(20)23-16-11(6-9-4-2-1-3-5-9)22-12(8-25(13)16)15-21-7-10(19)17(26)24-15/h1-5,7-8H,6H2,(H,21,24,26). The second-order valence-electron chi connectivity index (χ2n) is 5.49. The highest BCUT2D eigenvalue weighted by Crippen LogP contribution is 2.26. The molecule has 26 heavy (non-hydrogen) atoms. The molecule has 4 rings (SSSR count). The van der Waals surface area contributed by atoms with Crippen LogP contribution in [0.4, 0.5) is 0 Å². The zero-order valence-electron chi connectivity index (χ0n) is 13.1. The van der Waals surface area contributed by atoms with E-state index in [1.165, 1.54) is 0 Å². The molecule has 0 spiro atoms. The smallest absolute Gasteiger partial charge is 0.228 e. The summed E-state index contributed by atoms with van der Waals surface area (Å²) in [6.07, 6.45) is 3.89. The monoisotopic (exact) mass is 589 g/mol. The lowest BCUT2D eigenvalue weighted by molar-refractivity contribution is 0.448. The van der Waals surface area contributed by atoms with E-state index in [1.807, 2.05) is 52.9 Å². The van der Waals surface area contributed by atoms with Gasteiger partial charge in [0, 0.05) is 18.8 Å². The Morgan fingerprint density at radius 2 is 1.85 bits per heavy atom. The van der Waals surface area contributed by atoms with E-state index in [0.717, 1.165) is 11.3 Å². The molecule has 3 heterocycles. The minimum atomic E-state index is -0.0755. The van der Waals surface area contributed by atoms with Crippen LogP contribution < -0.4 is 0 Å². The molecule has 0 amide bonds. The van der Waals surface area contributed by atoms with E-state index < -0.39 is 0 Å². The highest BCUT2D eigenvalue weighted by molar-refractivity contribution is 14.1. The lowest BCUT2D eigenvalue weighted by Gasteiger charge is -2.08.